The van der Waals surface area contributed by atoms with E-state index in [0.717, 1.165) is 24.1 Å². The average Bonchev–Trinajstić information content (AvgIpc) is 2.64. The van der Waals surface area contributed by atoms with Crippen LogP contribution in [0.2, 0.25) is 0 Å². The Morgan fingerprint density at radius 1 is 1.23 bits per heavy atom. The van der Waals surface area contributed by atoms with Crippen molar-refractivity contribution in [3.8, 4) is 5.75 Å². The summed E-state index contributed by atoms with van der Waals surface area (Å²) in [5.74, 6) is 0.243. The number of aliphatic hydroxyl groups excluding tert-OH is 1. The first-order valence-electron chi connectivity index (χ1n) is 8.93. The molecular weight excluding hydrogens is 331 g/mol. The van der Waals surface area contributed by atoms with Crippen molar-refractivity contribution in [1.82, 2.24) is 9.80 Å². The van der Waals surface area contributed by atoms with Gasteiger partial charge in [-0.3, -0.25) is 9.80 Å². The summed E-state index contributed by atoms with van der Waals surface area (Å²) in [5, 5.41) is 11.1. The fourth-order valence-corrected chi connectivity index (χ4v) is 4.06. The number of likely N-dealkylation sites (tertiary alicyclic amines) is 1. The lowest BCUT2D eigenvalue weighted by atomic mass is 9.77. The van der Waals surface area contributed by atoms with Gasteiger partial charge in [-0.2, -0.15) is 0 Å². The van der Waals surface area contributed by atoms with Crippen LogP contribution in [0, 0.1) is 5.82 Å². The number of aliphatic hydroxyl groups is 1. The van der Waals surface area contributed by atoms with Crippen LogP contribution in [0.3, 0.4) is 0 Å². The van der Waals surface area contributed by atoms with Crippen molar-refractivity contribution in [2.45, 2.75) is 24.6 Å². The Bertz CT molecular complexity index is 738. The van der Waals surface area contributed by atoms with Gasteiger partial charge < -0.3 is 9.84 Å². The van der Waals surface area contributed by atoms with E-state index < -0.39 is 11.6 Å². The summed E-state index contributed by atoms with van der Waals surface area (Å²) in [6.07, 6.45) is 0.286. The van der Waals surface area contributed by atoms with Crippen molar-refractivity contribution in [2.24, 2.45) is 0 Å². The zero-order chi connectivity index (χ0) is 18.7. The lowest BCUT2D eigenvalue weighted by Gasteiger charge is -2.50. The molecule has 0 bridgehead atoms. The normalized spacial score (nSPS) is 24.0. The Balaban J connectivity index is 1.80. The number of β-amino-alcohol motifs (C(OH)–C–C–N with tert-alkyl or cyclic N) is 1. The van der Waals surface area contributed by atoms with Gasteiger partial charge in [0.05, 0.1) is 18.8 Å². The van der Waals surface area contributed by atoms with Gasteiger partial charge >= 0.3 is 0 Å². The molecule has 2 aromatic rings. The highest BCUT2D eigenvalue weighted by Crippen LogP contribution is 2.38. The van der Waals surface area contributed by atoms with Crippen LogP contribution in [0.25, 0.3) is 0 Å². The number of piperidine rings is 1. The van der Waals surface area contributed by atoms with Gasteiger partial charge in [0.2, 0.25) is 0 Å². The van der Waals surface area contributed by atoms with Gasteiger partial charge in [-0.05, 0) is 32.1 Å². The Morgan fingerprint density at radius 3 is 2.58 bits per heavy atom. The van der Waals surface area contributed by atoms with Gasteiger partial charge in [0.1, 0.15) is 11.6 Å². The van der Waals surface area contributed by atoms with E-state index >= 15 is 0 Å². The summed E-state index contributed by atoms with van der Waals surface area (Å²) in [5.41, 5.74) is 1.67. The Kier molecular flexibility index (Phi) is 5.61. The number of rotatable bonds is 5. The monoisotopic (exact) mass is 358 g/mol. The molecule has 1 heterocycles. The van der Waals surface area contributed by atoms with Gasteiger partial charge in [-0.1, -0.05) is 36.4 Å². The van der Waals surface area contributed by atoms with Crippen LogP contribution < -0.4 is 4.74 Å². The van der Waals surface area contributed by atoms with Crippen LogP contribution in [0.4, 0.5) is 4.39 Å². The maximum Gasteiger partial charge on any atom is 0.126 e. The lowest BCUT2D eigenvalue weighted by Crippen LogP contribution is -2.59. The summed E-state index contributed by atoms with van der Waals surface area (Å²) in [4.78, 5) is 4.33. The smallest absolute Gasteiger partial charge is 0.126 e. The van der Waals surface area contributed by atoms with E-state index in [0.29, 0.717) is 18.8 Å². The molecule has 1 saturated heterocycles. The molecule has 0 aromatic heterocycles. The fraction of sp³-hybridized carbons (Fsp3) is 0.429. The van der Waals surface area contributed by atoms with E-state index in [9.17, 15) is 9.50 Å². The summed E-state index contributed by atoms with van der Waals surface area (Å²) < 4.78 is 18.7. The Hall–Kier alpha value is -1.95. The predicted molar refractivity (Wildman–Crippen MR) is 101 cm³/mol. The predicted octanol–water partition coefficient (Wildman–Crippen LogP) is 2.86. The number of ether oxygens (including phenoxy) is 1. The molecule has 0 radical (unpaired) electrons. The minimum Gasteiger partial charge on any atom is -0.496 e. The topological polar surface area (TPSA) is 35.9 Å². The standard InChI is InChI=1S/C21H27FN2O2/c1-23(2)21(17-7-5-4-6-8-17)11-12-24(15-20(21)25)14-16-9-10-18(22)13-19(16)26-3/h4-10,13,20,25H,11-12,14-15H2,1-3H3/t20-,21+/m1/s1. The third kappa shape index (κ3) is 3.47. The van der Waals surface area contributed by atoms with Crippen molar-refractivity contribution in [3.63, 3.8) is 0 Å². The van der Waals surface area contributed by atoms with Crippen molar-refractivity contribution in [2.75, 3.05) is 34.3 Å². The van der Waals surface area contributed by atoms with Crippen LogP contribution in [0.15, 0.2) is 48.5 Å². The molecule has 0 spiro atoms. The van der Waals surface area contributed by atoms with E-state index in [1.807, 2.05) is 32.3 Å². The van der Waals surface area contributed by atoms with Gasteiger partial charge in [0.25, 0.3) is 0 Å². The second-order valence-electron chi connectivity index (χ2n) is 7.14. The van der Waals surface area contributed by atoms with E-state index in [1.165, 1.54) is 12.1 Å². The van der Waals surface area contributed by atoms with Gasteiger partial charge in [0.15, 0.2) is 0 Å². The molecule has 1 aliphatic heterocycles. The Morgan fingerprint density at radius 2 is 1.96 bits per heavy atom. The Labute approximate surface area is 154 Å². The molecule has 0 saturated carbocycles. The molecule has 2 aromatic carbocycles. The zero-order valence-electron chi connectivity index (χ0n) is 15.7. The number of hydrogen-bond acceptors (Lipinski definition) is 4. The van der Waals surface area contributed by atoms with Crippen molar-refractivity contribution in [3.05, 3.63) is 65.5 Å². The maximum absolute atomic E-state index is 13.4. The van der Waals surface area contributed by atoms with Crippen molar-refractivity contribution >= 4 is 0 Å². The average molecular weight is 358 g/mol. The van der Waals surface area contributed by atoms with Crippen LogP contribution in [-0.2, 0) is 12.1 Å². The van der Waals surface area contributed by atoms with Crippen LogP contribution in [0.5, 0.6) is 5.75 Å². The molecule has 5 heteroatoms. The second kappa shape index (κ2) is 7.74. The van der Waals surface area contributed by atoms with Crippen LogP contribution in [-0.4, -0.2) is 55.3 Å². The molecule has 2 atom stereocenters. The first-order valence-corrected chi connectivity index (χ1v) is 8.93. The van der Waals surface area contributed by atoms with E-state index in [2.05, 4.69) is 21.9 Å². The van der Waals surface area contributed by atoms with Crippen molar-refractivity contribution in [1.29, 1.82) is 0 Å². The van der Waals surface area contributed by atoms with Gasteiger partial charge in [-0.25, -0.2) is 4.39 Å². The highest BCUT2D eigenvalue weighted by Gasteiger charge is 2.45. The highest BCUT2D eigenvalue weighted by atomic mass is 19.1. The highest BCUT2D eigenvalue weighted by molar-refractivity contribution is 5.34. The quantitative estimate of drug-likeness (QED) is 0.892. The van der Waals surface area contributed by atoms with Crippen LogP contribution >= 0.6 is 0 Å². The van der Waals surface area contributed by atoms with Crippen molar-refractivity contribution < 1.29 is 14.2 Å². The minimum atomic E-state index is -0.528. The fourth-order valence-electron chi connectivity index (χ4n) is 4.06. The van der Waals surface area contributed by atoms with Gasteiger partial charge in [-0.15, -0.1) is 0 Å². The van der Waals surface area contributed by atoms with Crippen LogP contribution in [0.1, 0.15) is 17.5 Å². The molecule has 0 aliphatic carbocycles. The molecule has 0 amide bonds. The summed E-state index contributed by atoms with van der Waals surface area (Å²) in [6, 6.07) is 14.8. The van der Waals surface area contributed by atoms with E-state index in [-0.39, 0.29) is 5.82 Å². The maximum atomic E-state index is 13.4. The number of benzene rings is 2. The molecule has 1 N–H and O–H groups in total. The minimum absolute atomic E-state index is 0.306. The second-order valence-corrected chi connectivity index (χ2v) is 7.14. The van der Waals surface area contributed by atoms with Gasteiger partial charge in [0, 0.05) is 31.3 Å². The number of hydrogen-bond donors (Lipinski definition) is 1. The van der Waals surface area contributed by atoms with E-state index in [1.54, 1.807) is 13.2 Å². The summed E-state index contributed by atoms with van der Waals surface area (Å²) in [7, 11) is 5.60. The molecule has 4 nitrogen and oxygen atoms in total. The number of likely N-dealkylation sites (N-methyl/N-ethyl adjacent to an activating group) is 1. The largest absolute Gasteiger partial charge is 0.496 e. The molecule has 26 heavy (non-hydrogen) atoms. The molecule has 140 valence electrons. The third-order valence-electron chi connectivity index (χ3n) is 5.51. The first kappa shape index (κ1) is 18.8. The third-order valence-corrected chi connectivity index (χ3v) is 5.51. The number of halogens is 1. The molecule has 0 unspecified atom stereocenters. The SMILES string of the molecule is COc1cc(F)ccc1CN1CC[C@@](c2ccccc2)(N(C)C)[C@H](O)C1. The molecule has 3 rings (SSSR count). The first-order chi connectivity index (χ1) is 12.5. The van der Waals surface area contributed by atoms with E-state index in [4.69, 9.17) is 4.74 Å². The summed E-state index contributed by atoms with van der Waals surface area (Å²) in [6.45, 7) is 2.01. The number of methoxy groups -OCH3 is 1. The summed E-state index contributed by atoms with van der Waals surface area (Å²) >= 11 is 0. The lowest BCUT2D eigenvalue weighted by molar-refractivity contribution is -0.0703. The zero-order valence-corrected chi connectivity index (χ0v) is 15.7. The molecular formula is C21H27FN2O2. The number of nitrogens with zero attached hydrogens (tertiary/aromatic N) is 2. The molecule has 1 fully saturated rings. The molecule has 1 aliphatic rings.